The van der Waals surface area contributed by atoms with E-state index < -0.39 is 10.7 Å². The van der Waals surface area contributed by atoms with Crippen molar-refractivity contribution in [2.75, 3.05) is 11.9 Å². The second-order valence-corrected chi connectivity index (χ2v) is 9.35. The number of hydrogen-bond donors (Lipinski definition) is 2. The minimum Gasteiger partial charge on any atom is -0.345 e. The van der Waals surface area contributed by atoms with Crippen molar-refractivity contribution in [3.05, 3.63) is 59.7 Å². The lowest BCUT2D eigenvalue weighted by atomic mass is 9.91. The summed E-state index contributed by atoms with van der Waals surface area (Å²) in [6, 6.07) is 14.7. The van der Waals surface area contributed by atoms with Gasteiger partial charge >= 0.3 is 0 Å². The van der Waals surface area contributed by atoms with Crippen molar-refractivity contribution in [2.24, 2.45) is 5.41 Å². The summed E-state index contributed by atoms with van der Waals surface area (Å²) >= 11 is 1.31. The number of Topliss-reactive ketones (excluding diaryl/α,β-unsaturated/α-hetero) is 1. The van der Waals surface area contributed by atoms with Crippen LogP contribution in [0.15, 0.2) is 53.4 Å². The van der Waals surface area contributed by atoms with Gasteiger partial charge in [0.05, 0.1) is 17.4 Å². The molecule has 1 atom stereocenters. The predicted molar refractivity (Wildman–Crippen MR) is 118 cm³/mol. The minimum atomic E-state index is -0.510. The lowest BCUT2D eigenvalue weighted by molar-refractivity contribution is -0.125. The molecule has 0 aliphatic heterocycles. The molecule has 2 aromatic rings. The maximum Gasteiger partial charge on any atom is 0.252 e. The Bertz CT molecular complexity index is 903. The van der Waals surface area contributed by atoms with Crippen LogP contribution in [0.4, 0.5) is 5.69 Å². The topological polar surface area (TPSA) is 75.3 Å². The number of carbonyl (C=O) groups is 3. The van der Waals surface area contributed by atoms with Crippen LogP contribution in [0.2, 0.25) is 0 Å². The lowest BCUT2D eigenvalue weighted by Crippen LogP contribution is -2.35. The van der Waals surface area contributed by atoms with Gasteiger partial charge in [-0.3, -0.25) is 14.4 Å². The van der Waals surface area contributed by atoms with E-state index in [1.807, 2.05) is 64.1 Å². The first kappa shape index (κ1) is 22.7. The molecule has 29 heavy (non-hydrogen) atoms. The highest BCUT2D eigenvalue weighted by atomic mass is 32.2. The highest BCUT2D eigenvalue weighted by molar-refractivity contribution is 8.00. The van der Waals surface area contributed by atoms with Crippen molar-refractivity contribution in [3.8, 4) is 0 Å². The monoisotopic (exact) mass is 412 g/mol. The zero-order valence-electron chi connectivity index (χ0n) is 17.5. The Kier molecular flexibility index (Phi) is 7.62. The molecule has 6 heteroatoms. The Morgan fingerprint density at radius 1 is 1.03 bits per heavy atom. The number of nitrogens with one attached hydrogen (secondary N) is 2. The summed E-state index contributed by atoms with van der Waals surface area (Å²) in [6.45, 7) is 9.20. The van der Waals surface area contributed by atoms with Crippen molar-refractivity contribution in [1.29, 1.82) is 0 Å². The zero-order chi connectivity index (χ0) is 21.6. The van der Waals surface area contributed by atoms with Gasteiger partial charge in [0.1, 0.15) is 0 Å². The third kappa shape index (κ3) is 6.75. The van der Waals surface area contributed by atoms with Crippen molar-refractivity contribution in [2.45, 2.75) is 44.8 Å². The van der Waals surface area contributed by atoms with Gasteiger partial charge in [0.25, 0.3) is 5.91 Å². The Balaban J connectivity index is 2.04. The van der Waals surface area contributed by atoms with Gasteiger partial charge in [-0.1, -0.05) is 45.0 Å². The van der Waals surface area contributed by atoms with Gasteiger partial charge in [-0.25, -0.2) is 0 Å². The molecular weight excluding hydrogens is 384 g/mol. The molecule has 0 bridgehead atoms. The minimum absolute atomic E-state index is 0.0231. The average Bonchev–Trinajstić information content (AvgIpc) is 2.65. The number of rotatable bonds is 7. The molecule has 0 heterocycles. The summed E-state index contributed by atoms with van der Waals surface area (Å²) in [5.41, 5.74) is 1.75. The van der Waals surface area contributed by atoms with Crippen LogP contribution in [0.1, 0.15) is 43.6 Å². The summed E-state index contributed by atoms with van der Waals surface area (Å²) in [5, 5.41) is 5.19. The SMILES string of the molecule is Cc1cccc(NC(=O)C(C)Sc2ccccc2C(=O)NCC(=O)C(C)(C)C)c1. The van der Waals surface area contributed by atoms with Gasteiger partial charge in [0.15, 0.2) is 5.78 Å². The Morgan fingerprint density at radius 3 is 2.38 bits per heavy atom. The third-order valence-corrected chi connectivity index (χ3v) is 5.51. The summed E-state index contributed by atoms with van der Waals surface area (Å²) < 4.78 is 0. The van der Waals surface area contributed by atoms with Crippen molar-refractivity contribution < 1.29 is 14.4 Å². The van der Waals surface area contributed by atoms with Crippen LogP contribution >= 0.6 is 11.8 Å². The number of amides is 2. The molecule has 5 nitrogen and oxygen atoms in total. The highest BCUT2D eigenvalue weighted by Gasteiger charge is 2.23. The van der Waals surface area contributed by atoms with Gasteiger partial charge < -0.3 is 10.6 Å². The summed E-state index contributed by atoms with van der Waals surface area (Å²) in [5.74, 6) is -0.502. The number of ketones is 1. The van der Waals surface area contributed by atoms with Crippen molar-refractivity contribution in [3.63, 3.8) is 0 Å². The molecule has 0 saturated carbocycles. The fourth-order valence-electron chi connectivity index (χ4n) is 2.49. The fraction of sp³-hybridized carbons (Fsp3) is 0.348. The molecule has 0 aliphatic rings. The summed E-state index contributed by atoms with van der Waals surface area (Å²) in [4.78, 5) is 37.9. The van der Waals surface area contributed by atoms with E-state index in [0.717, 1.165) is 11.3 Å². The number of anilines is 1. The second-order valence-electron chi connectivity index (χ2n) is 7.97. The number of aryl methyl sites for hydroxylation is 1. The predicted octanol–water partition coefficient (Wildman–Crippen LogP) is 4.46. The van der Waals surface area contributed by atoms with E-state index in [1.54, 1.807) is 19.1 Å². The first-order valence-corrected chi connectivity index (χ1v) is 10.4. The molecule has 2 aromatic carbocycles. The lowest BCUT2D eigenvalue weighted by Gasteiger charge is -2.18. The average molecular weight is 413 g/mol. The fourth-order valence-corrected chi connectivity index (χ4v) is 3.48. The van der Waals surface area contributed by atoms with Gasteiger partial charge in [-0.2, -0.15) is 0 Å². The number of carbonyl (C=O) groups excluding carboxylic acids is 3. The van der Waals surface area contributed by atoms with E-state index in [0.29, 0.717) is 10.5 Å². The number of hydrogen-bond acceptors (Lipinski definition) is 4. The van der Waals surface area contributed by atoms with Crippen LogP contribution in [0, 0.1) is 12.3 Å². The molecule has 0 fully saturated rings. The standard InChI is InChI=1S/C23H28N2O3S/c1-15-9-8-10-17(13-15)25-21(27)16(2)29-19-12-7-6-11-18(19)22(28)24-14-20(26)23(3,4)5/h6-13,16H,14H2,1-5H3,(H,24,28)(H,25,27). The quantitative estimate of drug-likeness (QED) is 0.659. The van der Waals surface area contributed by atoms with E-state index in [4.69, 9.17) is 0 Å². The molecule has 2 rings (SSSR count). The summed E-state index contributed by atoms with van der Waals surface area (Å²) in [7, 11) is 0. The van der Waals surface area contributed by atoms with Crippen LogP contribution in [-0.4, -0.2) is 29.4 Å². The Labute approximate surface area is 176 Å². The van der Waals surface area contributed by atoms with Gasteiger partial charge in [-0.05, 0) is 43.7 Å². The van der Waals surface area contributed by atoms with Gasteiger partial charge in [0.2, 0.25) is 5.91 Å². The molecule has 0 aromatic heterocycles. The Morgan fingerprint density at radius 2 is 1.72 bits per heavy atom. The zero-order valence-corrected chi connectivity index (χ0v) is 18.4. The maximum absolute atomic E-state index is 12.6. The van der Waals surface area contributed by atoms with E-state index in [2.05, 4.69) is 10.6 Å². The smallest absolute Gasteiger partial charge is 0.252 e. The van der Waals surface area contributed by atoms with Crippen LogP contribution in [0.5, 0.6) is 0 Å². The molecule has 0 radical (unpaired) electrons. The molecule has 154 valence electrons. The number of thioether (sulfide) groups is 1. The molecule has 0 aliphatic carbocycles. The normalized spacial score (nSPS) is 12.2. The summed E-state index contributed by atoms with van der Waals surface area (Å²) in [6.07, 6.45) is 0. The number of benzene rings is 2. The van der Waals surface area contributed by atoms with Crippen LogP contribution in [0.25, 0.3) is 0 Å². The molecule has 1 unspecified atom stereocenters. The molecule has 0 saturated heterocycles. The first-order valence-electron chi connectivity index (χ1n) is 9.52. The maximum atomic E-state index is 12.6. The van der Waals surface area contributed by atoms with Gasteiger partial charge in [0, 0.05) is 16.0 Å². The van der Waals surface area contributed by atoms with Crippen LogP contribution in [0.3, 0.4) is 0 Å². The van der Waals surface area contributed by atoms with Crippen molar-refractivity contribution in [1.82, 2.24) is 5.32 Å². The highest BCUT2D eigenvalue weighted by Crippen LogP contribution is 2.28. The largest absolute Gasteiger partial charge is 0.345 e. The molecule has 2 amide bonds. The third-order valence-electron chi connectivity index (χ3n) is 4.34. The van der Waals surface area contributed by atoms with Crippen LogP contribution < -0.4 is 10.6 Å². The van der Waals surface area contributed by atoms with Crippen LogP contribution in [-0.2, 0) is 9.59 Å². The van der Waals surface area contributed by atoms with E-state index in [-0.39, 0.29) is 24.1 Å². The first-order chi connectivity index (χ1) is 13.6. The van der Waals surface area contributed by atoms with E-state index in [9.17, 15) is 14.4 Å². The van der Waals surface area contributed by atoms with Gasteiger partial charge in [-0.15, -0.1) is 11.8 Å². The molecular formula is C23H28N2O3S. The Hall–Kier alpha value is -2.60. The van der Waals surface area contributed by atoms with Crippen molar-refractivity contribution >= 4 is 35.0 Å². The van der Waals surface area contributed by atoms with E-state index in [1.165, 1.54) is 11.8 Å². The molecule has 2 N–H and O–H groups in total. The second kappa shape index (κ2) is 9.74. The molecule has 0 spiro atoms. The van der Waals surface area contributed by atoms with E-state index >= 15 is 0 Å².